The second-order valence-electron chi connectivity index (χ2n) is 5.05. The number of carbonyl (C=O) groups is 2. The number of carboxylic acids is 1. The Morgan fingerprint density at radius 2 is 2.10 bits per heavy atom. The van der Waals surface area contributed by atoms with Gasteiger partial charge in [-0.25, -0.2) is 0 Å². The lowest BCUT2D eigenvalue weighted by Crippen LogP contribution is -2.35. The highest BCUT2D eigenvalue weighted by atomic mass is 16.7. The number of benzene rings is 1. The van der Waals surface area contributed by atoms with Gasteiger partial charge >= 0.3 is 5.97 Å². The lowest BCUT2D eigenvalue weighted by atomic mass is 10.2. The van der Waals surface area contributed by atoms with E-state index >= 15 is 0 Å². The van der Waals surface area contributed by atoms with Crippen molar-refractivity contribution in [3.05, 3.63) is 18.2 Å². The van der Waals surface area contributed by atoms with E-state index in [1.54, 1.807) is 37.1 Å². The molecule has 0 aliphatic carbocycles. The van der Waals surface area contributed by atoms with Crippen molar-refractivity contribution in [3.63, 3.8) is 0 Å². The smallest absolute Gasteiger partial charge is 0.307 e. The second kappa shape index (κ2) is 6.45. The summed E-state index contributed by atoms with van der Waals surface area (Å²) in [6.07, 6.45) is 0. The SMILES string of the molecule is CC(CN(C)CC(=O)Nc1ccc2c(c1)OCO2)C(=O)O. The summed E-state index contributed by atoms with van der Waals surface area (Å²) in [5, 5.41) is 11.6. The molecule has 2 N–H and O–H groups in total. The number of ether oxygens (including phenoxy) is 2. The number of aliphatic carboxylic acids is 1. The van der Waals surface area contributed by atoms with Crippen LogP contribution in [-0.4, -0.2) is 48.8 Å². The van der Waals surface area contributed by atoms with Crippen molar-refractivity contribution in [1.82, 2.24) is 4.90 Å². The van der Waals surface area contributed by atoms with Crippen molar-refractivity contribution < 1.29 is 24.2 Å². The van der Waals surface area contributed by atoms with Crippen LogP contribution in [0.25, 0.3) is 0 Å². The lowest BCUT2D eigenvalue weighted by molar-refractivity contribution is -0.141. The minimum Gasteiger partial charge on any atom is -0.481 e. The molecule has 7 nitrogen and oxygen atoms in total. The number of hydrogen-bond donors (Lipinski definition) is 2. The first-order valence-corrected chi connectivity index (χ1v) is 6.56. The maximum Gasteiger partial charge on any atom is 0.307 e. The Hall–Kier alpha value is -2.28. The van der Waals surface area contributed by atoms with E-state index in [9.17, 15) is 9.59 Å². The third-order valence-corrected chi connectivity index (χ3v) is 3.08. The highest BCUT2D eigenvalue weighted by Crippen LogP contribution is 2.34. The summed E-state index contributed by atoms with van der Waals surface area (Å²) >= 11 is 0. The topological polar surface area (TPSA) is 88.1 Å². The molecule has 0 saturated heterocycles. The molecule has 0 fully saturated rings. The third-order valence-electron chi connectivity index (χ3n) is 3.08. The Morgan fingerprint density at radius 1 is 1.38 bits per heavy atom. The first kappa shape index (κ1) is 15.1. The van der Waals surface area contributed by atoms with Crippen molar-refractivity contribution in [2.24, 2.45) is 5.92 Å². The highest BCUT2D eigenvalue weighted by molar-refractivity contribution is 5.92. The van der Waals surface area contributed by atoms with Gasteiger partial charge in [-0.15, -0.1) is 0 Å². The summed E-state index contributed by atoms with van der Waals surface area (Å²) in [4.78, 5) is 24.3. The fourth-order valence-electron chi connectivity index (χ4n) is 2.03. The maximum atomic E-state index is 11.9. The van der Waals surface area contributed by atoms with E-state index < -0.39 is 11.9 Å². The average Bonchev–Trinajstić information content (AvgIpc) is 2.85. The standard InChI is InChI=1S/C14H18N2O5/c1-9(14(18)19)6-16(2)7-13(17)15-10-3-4-11-12(5-10)21-8-20-11/h3-5,9H,6-8H2,1-2H3,(H,15,17)(H,18,19). The molecule has 1 aliphatic heterocycles. The molecule has 0 aromatic heterocycles. The van der Waals surface area contributed by atoms with E-state index in [1.807, 2.05) is 0 Å². The van der Waals surface area contributed by atoms with Gasteiger partial charge in [0, 0.05) is 18.3 Å². The number of amides is 1. The van der Waals surface area contributed by atoms with Crippen molar-refractivity contribution in [2.75, 3.05) is 32.2 Å². The molecule has 21 heavy (non-hydrogen) atoms. The number of anilines is 1. The Bertz CT molecular complexity index is 546. The fraction of sp³-hybridized carbons (Fsp3) is 0.429. The lowest BCUT2D eigenvalue weighted by Gasteiger charge is -2.18. The van der Waals surface area contributed by atoms with Crippen LogP contribution < -0.4 is 14.8 Å². The number of nitrogens with one attached hydrogen (secondary N) is 1. The number of hydrogen-bond acceptors (Lipinski definition) is 5. The number of nitrogens with zero attached hydrogens (tertiary/aromatic N) is 1. The van der Waals surface area contributed by atoms with Crippen molar-refractivity contribution in [1.29, 1.82) is 0 Å². The average molecular weight is 294 g/mol. The van der Waals surface area contributed by atoms with E-state index in [2.05, 4.69) is 5.32 Å². The summed E-state index contributed by atoms with van der Waals surface area (Å²) in [6, 6.07) is 5.15. The molecular weight excluding hydrogens is 276 g/mol. The van der Waals surface area contributed by atoms with Crippen LogP contribution in [0.1, 0.15) is 6.92 Å². The molecule has 1 aliphatic rings. The molecule has 1 aromatic rings. The van der Waals surface area contributed by atoms with Crippen LogP contribution >= 0.6 is 0 Å². The van der Waals surface area contributed by atoms with E-state index in [0.29, 0.717) is 23.7 Å². The fourth-order valence-corrected chi connectivity index (χ4v) is 2.03. The number of carbonyl (C=O) groups excluding carboxylic acids is 1. The van der Waals surface area contributed by atoms with Gasteiger partial charge in [0.05, 0.1) is 12.5 Å². The van der Waals surface area contributed by atoms with Gasteiger partial charge in [-0.2, -0.15) is 0 Å². The molecule has 1 amide bonds. The Labute approximate surface area is 122 Å². The summed E-state index contributed by atoms with van der Waals surface area (Å²) in [7, 11) is 1.71. The second-order valence-corrected chi connectivity index (χ2v) is 5.05. The molecule has 0 bridgehead atoms. The molecule has 0 saturated carbocycles. The molecule has 1 heterocycles. The number of likely N-dealkylation sites (N-methyl/N-ethyl adjacent to an activating group) is 1. The largest absolute Gasteiger partial charge is 0.481 e. The zero-order chi connectivity index (χ0) is 15.4. The van der Waals surface area contributed by atoms with Gasteiger partial charge in [-0.3, -0.25) is 14.5 Å². The zero-order valence-corrected chi connectivity index (χ0v) is 12.0. The zero-order valence-electron chi connectivity index (χ0n) is 12.0. The molecule has 1 unspecified atom stereocenters. The van der Waals surface area contributed by atoms with Gasteiger partial charge in [0.1, 0.15) is 0 Å². The molecule has 1 aromatic carbocycles. The van der Waals surface area contributed by atoms with Gasteiger partial charge in [0.15, 0.2) is 11.5 Å². The number of rotatable bonds is 6. The van der Waals surface area contributed by atoms with Crippen LogP contribution in [0.5, 0.6) is 11.5 Å². The predicted octanol–water partition coefficient (Wildman–Crippen LogP) is 1.01. The van der Waals surface area contributed by atoms with Gasteiger partial charge < -0.3 is 19.9 Å². The highest BCUT2D eigenvalue weighted by Gasteiger charge is 2.17. The Kier molecular flexibility index (Phi) is 4.64. The van der Waals surface area contributed by atoms with E-state index in [4.69, 9.17) is 14.6 Å². The normalized spacial score (nSPS) is 14.0. The summed E-state index contributed by atoms with van der Waals surface area (Å²) < 4.78 is 10.4. The van der Waals surface area contributed by atoms with Crippen LogP contribution in [0.15, 0.2) is 18.2 Å². The van der Waals surface area contributed by atoms with Crippen LogP contribution in [0.3, 0.4) is 0 Å². The maximum absolute atomic E-state index is 11.9. The molecule has 2 rings (SSSR count). The number of carboxylic acid groups (broad SMARTS) is 1. The van der Waals surface area contributed by atoms with Crippen LogP contribution in [0.2, 0.25) is 0 Å². The molecule has 0 spiro atoms. The summed E-state index contributed by atoms with van der Waals surface area (Å²) in [5.74, 6) is -0.360. The first-order valence-electron chi connectivity index (χ1n) is 6.56. The monoisotopic (exact) mass is 294 g/mol. The van der Waals surface area contributed by atoms with Gasteiger partial charge in [0.25, 0.3) is 0 Å². The van der Waals surface area contributed by atoms with Crippen molar-refractivity contribution in [3.8, 4) is 11.5 Å². The van der Waals surface area contributed by atoms with E-state index in [1.165, 1.54) is 0 Å². The Balaban J connectivity index is 1.85. The minimum absolute atomic E-state index is 0.117. The summed E-state index contributed by atoms with van der Waals surface area (Å²) in [5.41, 5.74) is 0.615. The van der Waals surface area contributed by atoms with Crippen LogP contribution in [0, 0.1) is 5.92 Å². The quantitative estimate of drug-likeness (QED) is 0.814. The predicted molar refractivity (Wildman–Crippen MR) is 75.5 cm³/mol. The van der Waals surface area contributed by atoms with Gasteiger partial charge in [-0.05, 0) is 19.2 Å². The molecule has 114 valence electrons. The van der Waals surface area contributed by atoms with Gasteiger partial charge in [0.2, 0.25) is 12.7 Å². The third kappa shape index (κ3) is 4.09. The molecule has 0 radical (unpaired) electrons. The first-order chi connectivity index (χ1) is 9.95. The van der Waals surface area contributed by atoms with Crippen molar-refractivity contribution in [2.45, 2.75) is 6.92 Å². The van der Waals surface area contributed by atoms with E-state index in [0.717, 1.165) is 0 Å². The number of fused-ring (bicyclic) bond motifs is 1. The molecular formula is C14H18N2O5. The van der Waals surface area contributed by atoms with Crippen molar-refractivity contribution >= 4 is 17.6 Å². The van der Waals surface area contributed by atoms with Gasteiger partial charge in [-0.1, -0.05) is 6.92 Å². The molecule has 7 heteroatoms. The molecule has 1 atom stereocenters. The van der Waals surface area contributed by atoms with E-state index in [-0.39, 0.29) is 19.2 Å². The van der Waals surface area contributed by atoms with Crippen LogP contribution in [0.4, 0.5) is 5.69 Å². The van der Waals surface area contributed by atoms with Crippen LogP contribution in [-0.2, 0) is 9.59 Å². The Morgan fingerprint density at radius 3 is 2.81 bits per heavy atom. The summed E-state index contributed by atoms with van der Waals surface area (Å²) in [6.45, 7) is 2.22. The minimum atomic E-state index is -0.877.